The molecule has 0 fully saturated rings. The largest absolute Gasteiger partial charge is 0.365 e. The maximum absolute atomic E-state index is 5.88. The van der Waals surface area contributed by atoms with Gasteiger partial charge in [-0.05, 0) is 0 Å². The van der Waals surface area contributed by atoms with Gasteiger partial charge in [0.25, 0.3) is 0 Å². The summed E-state index contributed by atoms with van der Waals surface area (Å²) >= 11 is 9.15. The Hall–Kier alpha value is -0.610. The quantitative estimate of drug-likeness (QED) is 0.861. The average molecular weight is 291 g/mol. The lowest BCUT2D eigenvalue weighted by atomic mass is 10.2. The molecule has 1 N–H and O–H groups in total. The van der Waals surface area contributed by atoms with Gasteiger partial charge in [-0.2, -0.15) is 0 Å². The molecule has 0 saturated heterocycles. The van der Waals surface area contributed by atoms with Crippen molar-refractivity contribution in [3.05, 3.63) is 28.1 Å². The highest BCUT2D eigenvalue weighted by Gasteiger charge is 2.06. The minimum absolute atomic E-state index is 0.261. The van der Waals surface area contributed by atoms with Crippen LogP contribution < -0.4 is 5.32 Å². The molecule has 3 nitrogen and oxygen atoms in total. The molecule has 0 radical (unpaired) electrons. The summed E-state index contributed by atoms with van der Waals surface area (Å²) in [6.45, 7) is 8.40. The Balaban J connectivity index is 2.84. The van der Waals surface area contributed by atoms with Crippen molar-refractivity contribution in [2.24, 2.45) is 0 Å². The Labute approximate surface area is 103 Å². The molecule has 82 valence electrons. The van der Waals surface area contributed by atoms with Crippen LogP contribution in [0.5, 0.6) is 0 Å². The minimum atomic E-state index is 0.261. The Morgan fingerprint density at radius 2 is 2.27 bits per heavy atom. The van der Waals surface area contributed by atoms with Crippen LogP contribution in [-0.2, 0) is 0 Å². The van der Waals surface area contributed by atoms with Gasteiger partial charge in [0.05, 0.1) is 0 Å². The van der Waals surface area contributed by atoms with Crippen molar-refractivity contribution in [1.82, 2.24) is 9.97 Å². The van der Waals surface area contributed by atoms with Crippen LogP contribution >= 0.6 is 27.5 Å². The number of anilines is 1. The first-order valence-electron chi connectivity index (χ1n) is 4.60. The molecule has 0 aliphatic heterocycles. The van der Waals surface area contributed by atoms with Crippen LogP contribution in [0.4, 0.5) is 5.82 Å². The van der Waals surface area contributed by atoms with E-state index in [0.29, 0.717) is 11.7 Å². The molecule has 5 heteroatoms. The Morgan fingerprint density at radius 3 is 2.80 bits per heavy atom. The Kier molecular flexibility index (Phi) is 4.54. The molecule has 1 aromatic rings. The zero-order chi connectivity index (χ0) is 11.4. The molecule has 1 aromatic heterocycles. The van der Waals surface area contributed by atoms with E-state index in [-0.39, 0.29) is 5.92 Å². The van der Waals surface area contributed by atoms with E-state index < -0.39 is 0 Å². The van der Waals surface area contributed by atoms with Crippen molar-refractivity contribution in [2.45, 2.75) is 19.8 Å². The fourth-order valence-corrected chi connectivity index (χ4v) is 1.30. The highest BCUT2D eigenvalue weighted by Crippen LogP contribution is 2.17. The van der Waals surface area contributed by atoms with Crippen molar-refractivity contribution < 1.29 is 0 Å². The maximum atomic E-state index is 5.88. The molecule has 1 heterocycles. The van der Waals surface area contributed by atoms with Gasteiger partial charge in [-0.25, -0.2) is 9.97 Å². The number of aromatic nitrogens is 2. The van der Waals surface area contributed by atoms with Gasteiger partial charge in [-0.3, -0.25) is 0 Å². The van der Waals surface area contributed by atoms with E-state index in [0.717, 1.165) is 16.1 Å². The molecule has 0 bridgehead atoms. The molecule has 0 aliphatic carbocycles. The van der Waals surface area contributed by atoms with Crippen LogP contribution in [0.3, 0.4) is 0 Å². The summed E-state index contributed by atoms with van der Waals surface area (Å²) < 4.78 is 0.864. The fraction of sp³-hybridized carbons (Fsp3) is 0.400. The van der Waals surface area contributed by atoms with E-state index >= 15 is 0 Å². The highest BCUT2D eigenvalue weighted by molar-refractivity contribution is 9.11. The van der Waals surface area contributed by atoms with E-state index in [9.17, 15) is 0 Å². The summed E-state index contributed by atoms with van der Waals surface area (Å²) in [5, 5.41) is 3.55. The summed E-state index contributed by atoms with van der Waals surface area (Å²) in [6, 6.07) is 1.70. The average Bonchev–Trinajstić information content (AvgIpc) is 2.13. The molecule has 0 saturated carbocycles. The van der Waals surface area contributed by atoms with Gasteiger partial charge in [0.15, 0.2) is 0 Å². The number of nitrogens with zero attached hydrogens (tertiary/aromatic N) is 2. The zero-order valence-corrected chi connectivity index (χ0v) is 11.1. The number of hydrogen-bond acceptors (Lipinski definition) is 3. The summed E-state index contributed by atoms with van der Waals surface area (Å²) in [5.74, 6) is 1.72. The standard InChI is InChI=1S/C10H13BrClN3/c1-6(2)10-14-8(12)4-9(15-10)13-5-7(3)11/h4,6H,3,5H2,1-2H3,(H,13,14,15). The summed E-state index contributed by atoms with van der Waals surface area (Å²) in [7, 11) is 0. The maximum Gasteiger partial charge on any atom is 0.135 e. The normalized spacial score (nSPS) is 10.5. The first-order valence-corrected chi connectivity index (χ1v) is 5.77. The van der Waals surface area contributed by atoms with Crippen LogP contribution in [0.15, 0.2) is 17.1 Å². The van der Waals surface area contributed by atoms with Crippen molar-refractivity contribution in [3.63, 3.8) is 0 Å². The van der Waals surface area contributed by atoms with Crippen molar-refractivity contribution >= 4 is 33.3 Å². The van der Waals surface area contributed by atoms with Crippen molar-refractivity contribution in [2.75, 3.05) is 11.9 Å². The minimum Gasteiger partial charge on any atom is -0.365 e. The molecule has 0 amide bonds. The SMILES string of the molecule is C=C(Br)CNc1cc(Cl)nc(C(C)C)n1. The van der Waals surface area contributed by atoms with Crippen LogP contribution in [0.25, 0.3) is 0 Å². The molecule has 1 rings (SSSR count). The fourth-order valence-electron chi connectivity index (χ4n) is 0.970. The second-order valence-corrected chi connectivity index (χ2v) is 4.97. The molecule has 0 aliphatic rings. The van der Waals surface area contributed by atoms with E-state index in [1.807, 2.05) is 13.8 Å². The third-order valence-electron chi connectivity index (χ3n) is 1.69. The lowest BCUT2D eigenvalue weighted by Gasteiger charge is -2.08. The summed E-state index contributed by atoms with van der Waals surface area (Å²) in [4.78, 5) is 8.48. The lowest BCUT2D eigenvalue weighted by molar-refractivity contribution is 0.775. The zero-order valence-electron chi connectivity index (χ0n) is 8.72. The van der Waals surface area contributed by atoms with Crippen LogP contribution in [0.1, 0.15) is 25.6 Å². The van der Waals surface area contributed by atoms with E-state index in [1.54, 1.807) is 6.07 Å². The second kappa shape index (κ2) is 5.47. The van der Waals surface area contributed by atoms with Crippen molar-refractivity contribution in [3.8, 4) is 0 Å². The molecule has 0 aromatic carbocycles. The van der Waals surface area contributed by atoms with E-state index in [1.165, 1.54) is 0 Å². The van der Waals surface area contributed by atoms with Gasteiger partial charge < -0.3 is 5.32 Å². The Bertz CT molecular complexity index is 366. The predicted molar refractivity (Wildman–Crippen MR) is 67.7 cm³/mol. The van der Waals surface area contributed by atoms with E-state index in [4.69, 9.17) is 11.6 Å². The number of hydrogen-bond donors (Lipinski definition) is 1. The molecular weight excluding hydrogens is 277 g/mol. The van der Waals surface area contributed by atoms with Crippen molar-refractivity contribution in [1.29, 1.82) is 0 Å². The molecular formula is C10H13BrClN3. The van der Waals surface area contributed by atoms with Gasteiger partial charge in [0, 0.05) is 23.0 Å². The van der Waals surface area contributed by atoms with Crippen LogP contribution in [0.2, 0.25) is 5.15 Å². The van der Waals surface area contributed by atoms with Gasteiger partial charge >= 0.3 is 0 Å². The summed E-state index contributed by atoms with van der Waals surface area (Å²) in [6.07, 6.45) is 0. The number of halogens is 2. The Morgan fingerprint density at radius 1 is 1.60 bits per heavy atom. The highest BCUT2D eigenvalue weighted by atomic mass is 79.9. The molecule has 0 spiro atoms. The van der Waals surface area contributed by atoms with Crippen LogP contribution in [-0.4, -0.2) is 16.5 Å². The monoisotopic (exact) mass is 289 g/mol. The molecule has 15 heavy (non-hydrogen) atoms. The molecule has 0 atom stereocenters. The number of nitrogens with one attached hydrogen (secondary N) is 1. The summed E-state index contributed by atoms with van der Waals surface area (Å²) in [5.41, 5.74) is 0. The third kappa shape index (κ3) is 4.18. The van der Waals surface area contributed by atoms with Gasteiger partial charge in [0.2, 0.25) is 0 Å². The third-order valence-corrected chi connectivity index (χ3v) is 2.16. The molecule has 0 unspecified atom stereocenters. The number of rotatable bonds is 4. The first-order chi connectivity index (χ1) is 6.99. The second-order valence-electron chi connectivity index (χ2n) is 3.46. The first kappa shape index (κ1) is 12.5. The van der Waals surface area contributed by atoms with Crippen LogP contribution in [0, 0.1) is 0 Å². The van der Waals surface area contributed by atoms with Gasteiger partial charge in [0.1, 0.15) is 16.8 Å². The van der Waals surface area contributed by atoms with E-state index in [2.05, 4.69) is 37.8 Å². The lowest BCUT2D eigenvalue weighted by Crippen LogP contribution is -2.06. The van der Waals surface area contributed by atoms with Gasteiger partial charge in [-0.1, -0.05) is 48.0 Å². The topological polar surface area (TPSA) is 37.8 Å². The predicted octanol–water partition coefficient (Wildman–Crippen LogP) is 3.57. The smallest absolute Gasteiger partial charge is 0.135 e. The van der Waals surface area contributed by atoms with Gasteiger partial charge in [-0.15, -0.1) is 0 Å².